The van der Waals surface area contributed by atoms with E-state index in [0.29, 0.717) is 0 Å². The maximum atomic E-state index is 13.5. The third kappa shape index (κ3) is 6.72. The summed E-state index contributed by atoms with van der Waals surface area (Å²) in [5.41, 5.74) is 8.74. The van der Waals surface area contributed by atoms with Crippen molar-refractivity contribution in [3.05, 3.63) is 42.0 Å². The highest BCUT2D eigenvalue weighted by Crippen LogP contribution is 2.44. The van der Waals surface area contributed by atoms with Gasteiger partial charge in [0.1, 0.15) is 0 Å². The predicted octanol–water partition coefficient (Wildman–Crippen LogP) is 1.68. The van der Waals surface area contributed by atoms with Crippen LogP contribution < -0.4 is 22.5 Å². The summed E-state index contributed by atoms with van der Waals surface area (Å²) in [7, 11) is 0. The highest BCUT2D eigenvalue weighted by atomic mass is 16.5. The normalized spacial score (nSPS) is 15.9. The molecule has 0 bridgehead atoms. The van der Waals surface area contributed by atoms with E-state index in [9.17, 15) is 24.9 Å². The molecule has 0 saturated heterocycles. The van der Waals surface area contributed by atoms with Crippen molar-refractivity contribution in [2.75, 3.05) is 0 Å². The second-order valence-corrected chi connectivity index (χ2v) is 8.29. The first-order valence-electron chi connectivity index (χ1n) is 10.5. The monoisotopic (exact) mass is 443 g/mol. The lowest BCUT2D eigenvalue weighted by Crippen LogP contribution is -2.56. The lowest BCUT2D eigenvalue weighted by Gasteiger charge is -2.40. The van der Waals surface area contributed by atoms with Gasteiger partial charge in [0.05, 0.1) is 29.4 Å². The average Bonchev–Trinajstić information content (AvgIpc) is 2.79. The van der Waals surface area contributed by atoms with E-state index in [1.807, 2.05) is 38.1 Å². The zero-order valence-electron chi connectivity index (χ0n) is 18.7. The van der Waals surface area contributed by atoms with Crippen LogP contribution in [0, 0.1) is 34.5 Å². The number of Topliss-reactive ketones (excluding diaryl/α,β-unsaturated/α-hetero) is 1. The molecule has 0 fully saturated rings. The number of rotatable bonds is 12. The Morgan fingerprint density at radius 3 is 2.28 bits per heavy atom. The zero-order valence-corrected chi connectivity index (χ0v) is 18.7. The molecule has 0 spiro atoms. The molecular weight excluding hydrogens is 410 g/mol. The Balaban J connectivity index is 3.86. The number of hydroxylamine groups is 1. The standard InChI is InChI=1S/C23H33N5O4/c1-15(2)14-18(21(30)27-26)19(22(31)28-32)23(11-7-13-24,20(29)16(3)25)12-10-17-8-5-4-6-9-17/h4-6,8-10,12,15-16,18-19,32H,7,11,14,25-26H2,1-3H3,(H,27,30)(H,28,31)/b12-10+/t16-,18-,19-,23?/m1/s1. The molecule has 1 aromatic carbocycles. The van der Waals surface area contributed by atoms with Crippen molar-refractivity contribution in [1.29, 1.82) is 5.26 Å². The summed E-state index contributed by atoms with van der Waals surface area (Å²) >= 11 is 0. The first kappa shape index (κ1) is 27.0. The first-order chi connectivity index (χ1) is 15.1. The van der Waals surface area contributed by atoms with E-state index in [1.54, 1.807) is 23.7 Å². The van der Waals surface area contributed by atoms with Gasteiger partial charge >= 0.3 is 0 Å². The van der Waals surface area contributed by atoms with Crippen molar-refractivity contribution in [2.45, 2.75) is 46.1 Å². The maximum absolute atomic E-state index is 13.5. The number of hydrazine groups is 1. The van der Waals surface area contributed by atoms with E-state index in [-0.39, 0.29) is 25.2 Å². The fourth-order valence-electron chi connectivity index (χ4n) is 4.05. The number of amides is 2. The number of ketones is 1. The van der Waals surface area contributed by atoms with Crippen LogP contribution in [0.5, 0.6) is 0 Å². The van der Waals surface area contributed by atoms with Crippen LogP contribution in [0.1, 0.15) is 45.6 Å². The molecule has 1 rings (SSSR count). The second-order valence-electron chi connectivity index (χ2n) is 8.29. The average molecular weight is 444 g/mol. The summed E-state index contributed by atoms with van der Waals surface area (Å²) in [4.78, 5) is 39.3. The highest BCUT2D eigenvalue weighted by molar-refractivity contribution is 5.99. The number of nitrogens with two attached hydrogens (primary N) is 2. The van der Waals surface area contributed by atoms with Crippen molar-refractivity contribution in [1.82, 2.24) is 10.9 Å². The van der Waals surface area contributed by atoms with Crippen LogP contribution >= 0.6 is 0 Å². The molecule has 4 atom stereocenters. The Labute approximate surface area is 188 Å². The van der Waals surface area contributed by atoms with Gasteiger partial charge in [-0.1, -0.05) is 56.3 Å². The van der Waals surface area contributed by atoms with E-state index >= 15 is 0 Å². The molecule has 1 unspecified atom stereocenters. The molecule has 9 nitrogen and oxygen atoms in total. The van der Waals surface area contributed by atoms with E-state index < -0.39 is 40.9 Å². The van der Waals surface area contributed by atoms with Gasteiger partial charge in [0, 0.05) is 6.42 Å². The summed E-state index contributed by atoms with van der Waals surface area (Å²) in [5.74, 6) is 0.841. The van der Waals surface area contributed by atoms with Crippen molar-refractivity contribution in [3.63, 3.8) is 0 Å². The van der Waals surface area contributed by atoms with Gasteiger partial charge in [0.25, 0.3) is 0 Å². The van der Waals surface area contributed by atoms with Crippen molar-refractivity contribution >= 4 is 23.7 Å². The Bertz CT molecular complexity index is 848. The Hall–Kier alpha value is -3.06. The van der Waals surface area contributed by atoms with Gasteiger partial charge in [-0.2, -0.15) is 5.26 Å². The maximum Gasteiger partial charge on any atom is 0.248 e. The fourth-order valence-corrected chi connectivity index (χ4v) is 4.05. The number of hydrogen-bond acceptors (Lipinski definition) is 7. The molecule has 0 saturated carbocycles. The molecule has 0 aliphatic carbocycles. The van der Waals surface area contributed by atoms with Crippen molar-refractivity contribution in [2.24, 2.45) is 34.7 Å². The minimum absolute atomic E-state index is 0.0385. The van der Waals surface area contributed by atoms with Crippen LogP contribution in [-0.2, 0) is 14.4 Å². The predicted molar refractivity (Wildman–Crippen MR) is 120 cm³/mol. The number of benzene rings is 1. The molecule has 0 radical (unpaired) electrons. The summed E-state index contributed by atoms with van der Waals surface area (Å²) in [6.07, 6.45) is 3.24. The molecule has 0 aliphatic heterocycles. The van der Waals surface area contributed by atoms with E-state index in [0.717, 1.165) is 5.56 Å². The summed E-state index contributed by atoms with van der Waals surface area (Å²) < 4.78 is 0. The molecule has 9 heteroatoms. The SMILES string of the molecule is CC(C)C[C@@H](C(=O)NN)[C@H](C(=O)NO)C(/C=C/c1ccccc1)(CCC#N)C(=O)[C@@H](C)N. The van der Waals surface area contributed by atoms with Crippen molar-refractivity contribution in [3.8, 4) is 6.07 Å². The van der Waals surface area contributed by atoms with Gasteiger partial charge in [-0.05, 0) is 31.2 Å². The molecule has 7 N–H and O–H groups in total. The largest absolute Gasteiger partial charge is 0.322 e. The number of carbonyl (C=O) groups excluding carboxylic acids is 3. The molecule has 0 heterocycles. The highest BCUT2D eigenvalue weighted by Gasteiger charge is 2.52. The third-order valence-corrected chi connectivity index (χ3v) is 5.45. The van der Waals surface area contributed by atoms with Gasteiger partial charge < -0.3 is 5.73 Å². The van der Waals surface area contributed by atoms with Crippen LogP contribution in [0.4, 0.5) is 0 Å². The van der Waals surface area contributed by atoms with Gasteiger partial charge in [0.15, 0.2) is 5.78 Å². The van der Waals surface area contributed by atoms with Crippen molar-refractivity contribution < 1.29 is 19.6 Å². The van der Waals surface area contributed by atoms with Crippen LogP contribution in [0.2, 0.25) is 0 Å². The molecule has 2 amide bonds. The van der Waals surface area contributed by atoms with Gasteiger partial charge in [0.2, 0.25) is 11.8 Å². The minimum atomic E-state index is -1.64. The quantitative estimate of drug-likeness (QED) is 0.141. The molecule has 174 valence electrons. The van der Waals surface area contributed by atoms with Gasteiger partial charge in [-0.25, -0.2) is 11.3 Å². The summed E-state index contributed by atoms with van der Waals surface area (Å²) in [5, 5.41) is 18.8. The van der Waals surface area contributed by atoms with Gasteiger partial charge in [-0.15, -0.1) is 0 Å². The molecule has 1 aromatic rings. The van der Waals surface area contributed by atoms with Crippen LogP contribution in [-0.4, -0.2) is 28.8 Å². The van der Waals surface area contributed by atoms with Gasteiger partial charge in [-0.3, -0.25) is 25.0 Å². The van der Waals surface area contributed by atoms with E-state index in [4.69, 9.17) is 11.6 Å². The van der Waals surface area contributed by atoms with E-state index in [1.165, 1.54) is 13.0 Å². The Morgan fingerprint density at radius 1 is 1.19 bits per heavy atom. The first-order valence-corrected chi connectivity index (χ1v) is 10.5. The summed E-state index contributed by atoms with van der Waals surface area (Å²) in [6.45, 7) is 5.19. The Morgan fingerprint density at radius 2 is 1.81 bits per heavy atom. The number of nitrogens with zero attached hydrogens (tertiary/aromatic N) is 1. The molecule has 0 aromatic heterocycles. The molecule has 0 aliphatic rings. The number of hydrogen-bond donors (Lipinski definition) is 5. The fraction of sp³-hybridized carbons (Fsp3) is 0.478. The molecule has 32 heavy (non-hydrogen) atoms. The van der Waals surface area contributed by atoms with E-state index in [2.05, 4.69) is 5.43 Å². The van der Waals surface area contributed by atoms with Crippen LogP contribution in [0.15, 0.2) is 36.4 Å². The summed E-state index contributed by atoms with van der Waals surface area (Å²) in [6, 6.07) is 10.1. The molecular formula is C23H33N5O4. The number of allylic oxidation sites excluding steroid dienone is 1. The Kier molecular flexibility index (Phi) is 10.7. The second kappa shape index (κ2) is 12.7. The van der Waals surface area contributed by atoms with Crippen LogP contribution in [0.3, 0.4) is 0 Å². The number of carbonyl (C=O) groups is 3. The zero-order chi connectivity index (χ0) is 24.3. The topological polar surface area (TPSA) is 171 Å². The lowest BCUT2D eigenvalue weighted by atomic mass is 9.61. The third-order valence-electron chi connectivity index (χ3n) is 5.45. The minimum Gasteiger partial charge on any atom is -0.322 e. The smallest absolute Gasteiger partial charge is 0.248 e. The lowest BCUT2D eigenvalue weighted by molar-refractivity contribution is -0.151. The number of nitrogens with one attached hydrogen (secondary N) is 2. The van der Waals surface area contributed by atoms with Crippen LogP contribution in [0.25, 0.3) is 6.08 Å². The number of nitriles is 1.